The quantitative estimate of drug-likeness (QED) is 0.498. The van der Waals surface area contributed by atoms with Crippen molar-refractivity contribution in [3.63, 3.8) is 0 Å². The summed E-state index contributed by atoms with van der Waals surface area (Å²) in [4.78, 5) is 45.0. The molecule has 1 atom stereocenters. The third-order valence-corrected chi connectivity index (χ3v) is 4.74. The van der Waals surface area contributed by atoms with E-state index in [0.717, 1.165) is 5.56 Å². The second-order valence-corrected chi connectivity index (χ2v) is 7.42. The normalized spacial score (nSPS) is 11.6. The summed E-state index contributed by atoms with van der Waals surface area (Å²) in [5.74, 6) is -0.663. The molecule has 9 heteroatoms. The first-order valence-electron chi connectivity index (χ1n) is 10.2. The minimum atomic E-state index is -0.676. The molecule has 0 aromatic carbocycles. The highest BCUT2D eigenvalue weighted by atomic mass is 16.4. The largest absolute Gasteiger partial charge is 0.449 e. The van der Waals surface area contributed by atoms with Gasteiger partial charge in [0.1, 0.15) is 17.4 Å². The Morgan fingerprint density at radius 2 is 1.81 bits per heavy atom. The molecule has 166 valence electrons. The number of hydrogen-bond donors (Lipinski definition) is 3. The van der Waals surface area contributed by atoms with Crippen molar-refractivity contribution >= 4 is 17.7 Å². The Bertz CT molecular complexity index is 1090. The average molecular weight is 435 g/mol. The molecule has 0 aliphatic carbocycles. The van der Waals surface area contributed by atoms with E-state index in [1.807, 2.05) is 13.8 Å². The van der Waals surface area contributed by atoms with Gasteiger partial charge in [-0.1, -0.05) is 19.9 Å². The molecule has 3 N–H and O–H groups in total. The summed E-state index contributed by atoms with van der Waals surface area (Å²) in [5, 5.41) is 8.04. The number of nitrogens with one attached hydrogen (secondary N) is 3. The predicted octanol–water partition coefficient (Wildman–Crippen LogP) is 2.17. The number of aromatic nitrogens is 2. The van der Waals surface area contributed by atoms with Gasteiger partial charge in [-0.05, 0) is 47.9 Å². The number of carbonyl (C=O) groups is 3. The van der Waals surface area contributed by atoms with E-state index in [1.54, 1.807) is 48.8 Å². The van der Waals surface area contributed by atoms with Crippen molar-refractivity contribution in [1.82, 2.24) is 25.9 Å². The zero-order chi connectivity index (χ0) is 23.1. The predicted molar refractivity (Wildman–Crippen MR) is 118 cm³/mol. The summed E-state index contributed by atoms with van der Waals surface area (Å²) in [6.45, 7) is 3.97. The van der Waals surface area contributed by atoms with Gasteiger partial charge < -0.3 is 20.4 Å². The molecule has 0 aliphatic rings. The fourth-order valence-electron chi connectivity index (χ4n) is 2.99. The van der Waals surface area contributed by atoms with E-state index >= 15 is 0 Å². The summed E-state index contributed by atoms with van der Waals surface area (Å²) in [6, 6.07) is 11.2. The second kappa shape index (κ2) is 10.3. The van der Waals surface area contributed by atoms with Crippen LogP contribution in [-0.2, 0) is 11.3 Å². The van der Waals surface area contributed by atoms with Gasteiger partial charge in [-0.3, -0.25) is 24.4 Å². The molecule has 3 aromatic rings. The lowest BCUT2D eigenvalue weighted by Gasteiger charge is -2.19. The maximum Gasteiger partial charge on any atom is 0.287 e. The lowest BCUT2D eigenvalue weighted by atomic mass is 10.0. The highest BCUT2D eigenvalue weighted by molar-refractivity contribution is 5.96. The highest BCUT2D eigenvalue weighted by Gasteiger charge is 2.25. The van der Waals surface area contributed by atoms with Crippen molar-refractivity contribution in [1.29, 1.82) is 0 Å². The van der Waals surface area contributed by atoms with E-state index in [0.29, 0.717) is 17.1 Å². The first kappa shape index (κ1) is 22.7. The van der Waals surface area contributed by atoms with Crippen LogP contribution in [0.4, 0.5) is 0 Å². The molecule has 32 heavy (non-hydrogen) atoms. The van der Waals surface area contributed by atoms with Crippen LogP contribution in [-0.4, -0.2) is 40.8 Å². The van der Waals surface area contributed by atoms with Crippen molar-refractivity contribution in [3.05, 3.63) is 71.9 Å². The van der Waals surface area contributed by atoms with Gasteiger partial charge in [0.15, 0.2) is 11.5 Å². The average Bonchev–Trinajstić information content (AvgIpc) is 3.31. The number of furan rings is 1. The molecule has 0 spiro atoms. The molecule has 0 radical (unpaired) electrons. The van der Waals surface area contributed by atoms with Crippen LogP contribution in [0.2, 0.25) is 0 Å². The van der Waals surface area contributed by atoms with Crippen molar-refractivity contribution < 1.29 is 18.8 Å². The minimum Gasteiger partial charge on any atom is -0.449 e. The summed E-state index contributed by atoms with van der Waals surface area (Å²) in [5.41, 5.74) is 1.65. The molecular weight excluding hydrogens is 410 g/mol. The summed E-state index contributed by atoms with van der Waals surface area (Å²) < 4.78 is 5.67. The highest BCUT2D eigenvalue weighted by Crippen LogP contribution is 2.21. The van der Waals surface area contributed by atoms with Gasteiger partial charge >= 0.3 is 0 Å². The molecule has 3 amide bonds. The number of amides is 3. The summed E-state index contributed by atoms with van der Waals surface area (Å²) in [6.07, 6.45) is 3.16. The molecule has 1 unspecified atom stereocenters. The zero-order valence-corrected chi connectivity index (χ0v) is 18.1. The third kappa shape index (κ3) is 5.57. The number of rotatable bonds is 8. The first-order chi connectivity index (χ1) is 15.4. The fraction of sp³-hybridized carbons (Fsp3) is 0.261. The van der Waals surface area contributed by atoms with Crippen LogP contribution < -0.4 is 16.0 Å². The van der Waals surface area contributed by atoms with Gasteiger partial charge in [0.2, 0.25) is 5.91 Å². The smallest absolute Gasteiger partial charge is 0.287 e. The molecule has 9 nitrogen and oxygen atoms in total. The van der Waals surface area contributed by atoms with E-state index in [9.17, 15) is 14.4 Å². The van der Waals surface area contributed by atoms with Crippen molar-refractivity contribution in [3.8, 4) is 11.5 Å². The third-order valence-electron chi connectivity index (χ3n) is 4.74. The molecule has 0 saturated carbocycles. The topological polar surface area (TPSA) is 126 Å². The monoisotopic (exact) mass is 435 g/mol. The van der Waals surface area contributed by atoms with Crippen molar-refractivity contribution in [2.75, 3.05) is 7.05 Å². The van der Waals surface area contributed by atoms with Gasteiger partial charge in [0.05, 0.1) is 0 Å². The SMILES string of the molecule is CNC(=O)C(NC(=O)c1ccc(-c2cc(CNC(=O)c3ccccn3)ccn2)o1)C(C)C. The molecule has 0 saturated heterocycles. The van der Waals surface area contributed by atoms with Crippen LogP contribution in [0.15, 0.2) is 59.3 Å². The number of carbonyl (C=O) groups excluding carboxylic acids is 3. The van der Waals surface area contributed by atoms with Crippen LogP contribution in [0.3, 0.4) is 0 Å². The Labute approximate surface area is 185 Å². The molecular formula is C23H25N5O4. The standard InChI is InChI=1S/C23H25N5O4/c1-14(2)20(23(31)24-3)28-22(30)19-8-7-18(32-19)17-12-15(9-11-26-17)13-27-21(29)16-6-4-5-10-25-16/h4-12,14,20H,13H2,1-3H3,(H,24,31)(H,27,29)(H,28,30). The van der Waals surface area contributed by atoms with Gasteiger partial charge in [-0.15, -0.1) is 0 Å². The lowest BCUT2D eigenvalue weighted by molar-refractivity contribution is -0.123. The van der Waals surface area contributed by atoms with E-state index in [1.165, 1.54) is 13.1 Å². The molecule has 3 heterocycles. The fourth-order valence-corrected chi connectivity index (χ4v) is 2.99. The van der Waals surface area contributed by atoms with Gasteiger partial charge in [-0.2, -0.15) is 0 Å². The maximum absolute atomic E-state index is 12.5. The van der Waals surface area contributed by atoms with Crippen molar-refractivity contribution in [2.45, 2.75) is 26.4 Å². The minimum absolute atomic E-state index is 0.0743. The van der Waals surface area contributed by atoms with Crippen molar-refractivity contribution in [2.24, 2.45) is 5.92 Å². The van der Waals surface area contributed by atoms with Crippen LogP contribution >= 0.6 is 0 Å². The van der Waals surface area contributed by atoms with Crippen LogP contribution in [0, 0.1) is 5.92 Å². The van der Waals surface area contributed by atoms with Crippen LogP contribution in [0.25, 0.3) is 11.5 Å². The summed E-state index contributed by atoms with van der Waals surface area (Å²) in [7, 11) is 1.52. The maximum atomic E-state index is 12.5. The van der Waals surface area contributed by atoms with Gasteiger partial charge in [-0.25, -0.2) is 0 Å². The van der Waals surface area contributed by atoms with E-state index in [-0.39, 0.29) is 30.0 Å². The molecule has 0 fully saturated rings. The van der Waals surface area contributed by atoms with Gasteiger partial charge in [0.25, 0.3) is 11.8 Å². The summed E-state index contributed by atoms with van der Waals surface area (Å²) >= 11 is 0. The Morgan fingerprint density at radius 1 is 1.00 bits per heavy atom. The number of pyridine rings is 2. The molecule has 0 bridgehead atoms. The Hall–Kier alpha value is -4.01. The van der Waals surface area contributed by atoms with E-state index < -0.39 is 11.9 Å². The lowest BCUT2D eigenvalue weighted by Crippen LogP contribution is -2.48. The van der Waals surface area contributed by atoms with E-state index in [4.69, 9.17) is 4.42 Å². The second-order valence-electron chi connectivity index (χ2n) is 7.42. The number of nitrogens with zero attached hydrogens (tertiary/aromatic N) is 2. The van der Waals surface area contributed by atoms with Gasteiger partial charge in [0, 0.05) is 26.0 Å². The van der Waals surface area contributed by atoms with Crippen LogP contribution in [0.5, 0.6) is 0 Å². The number of likely N-dealkylation sites (N-methyl/N-ethyl adjacent to an activating group) is 1. The number of hydrogen-bond acceptors (Lipinski definition) is 6. The first-order valence-corrected chi connectivity index (χ1v) is 10.2. The molecule has 0 aliphatic heterocycles. The molecule has 3 aromatic heterocycles. The van der Waals surface area contributed by atoms with E-state index in [2.05, 4.69) is 25.9 Å². The Balaban J connectivity index is 1.67. The molecule has 3 rings (SSSR count). The zero-order valence-electron chi connectivity index (χ0n) is 18.1. The Morgan fingerprint density at radius 3 is 2.50 bits per heavy atom. The Kier molecular flexibility index (Phi) is 7.33. The van der Waals surface area contributed by atoms with Crippen LogP contribution in [0.1, 0.15) is 40.5 Å².